The molecule has 1 fully saturated rings. The van der Waals surface area contributed by atoms with Crippen LogP contribution in [0.3, 0.4) is 0 Å². The molecule has 7 atom stereocenters. The molecule has 14 heteroatoms. The van der Waals surface area contributed by atoms with Crippen molar-refractivity contribution >= 4 is 13.7 Å². The van der Waals surface area contributed by atoms with Crippen LogP contribution in [0.2, 0.25) is 0 Å². The first kappa shape index (κ1) is 33.3. The van der Waals surface area contributed by atoms with E-state index in [2.05, 4.69) is 16.0 Å². The Bertz CT molecular complexity index is 1370. The van der Waals surface area contributed by atoms with E-state index in [1.807, 2.05) is 13.8 Å². The number of nitrogens with zero attached hydrogens (tertiary/aromatic N) is 1. The predicted molar refractivity (Wildman–Crippen MR) is 153 cm³/mol. The van der Waals surface area contributed by atoms with Crippen molar-refractivity contribution in [1.82, 2.24) is 14.6 Å². The zero-order valence-corrected chi connectivity index (χ0v) is 24.6. The second kappa shape index (κ2) is 15.3. The second-order valence-corrected chi connectivity index (χ2v) is 11.6. The minimum Gasteiger partial charge on any atom is -0.461 e. The maximum absolute atomic E-state index is 13.9. The molecule has 3 rings (SSSR count). The van der Waals surface area contributed by atoms with Gasteiger partial charge in [0.2, 0.25) is 0 Å². The van der Waals surface area contributed by atoms with Crippen LogP contribution in [0.5, 0.6) is 5.75 Å². The molecular formula is C28H38N3O10P. The Morgan fingerprint density at radius 2 is 1.83 bits per heavy atom. The summed E-state index contributed by atoms with van der Waals surface area (Å²) < 4.78 is 37.5. The number of terminal acetylenes is 1. The quantitative estimate of drug-likeness (QED) is 0.132. The number of H-pyrrole nitrogens is 1. The Hall–Kier alpha value is -3.24. The summed E-state index contributed by atoms with van der Waals surface area (Å²) in [6, 6.07) is 6.89. The molecule has 1 aliphatic heterocycles. The summed E-state index contributed by atoms with van der Waals surface area (Å²) in [6.45, 7) is 4.88. The van der Waals surface area contributed by atoms with E-state index in [0.29, 0.717) is 12.8 Å². The van der Waals surface area contributed by atoms with Crippen molar-refractivity contribution in [3.05, 3.63) is 63.4 Å². The summed E-state index contributed by atoms with van der Waals surface area (Å²) in [5.74, 6) is 1.87. The van der Waals surface area contributed by atoms with Gasteiger partial charge in [0, 0.05) is 12.3 Å². The van der Waals surface area contributed by atoms with Crippen molar-refractivity contribution in [2.75, 3.05) is 6.61 Å². The van der Waals surface area contributed by atoms with Crippen molar-refractivity contribution in [1.29, 1.82) is 0 Å². The first-order chi connectivity index (χ1) is 20.0. The molecule has 0 radical (unpaired) electrons. The number of para-hydroxylation sites is 1. The Labute approximate surface area is 243 Å². The third-order valence-corrected chi connectivity index (χ3v) is 8.26. The molecule has 0 aliphatic carbocycles. The maximum atomic E-state index is 13.9. The number of carbonyl (C=O) groups is 1. The third-order valence-electron chi connectivity index (χ3n) is 6.62. The number of aromatic nitrogens is 2. The average molecular weight is 608 g/mol. The minimum absolute atomic E-state index is 0.180. The molecule has 1 saturated heterocycles. The number of esters is 1. The third kappa shape index (κ3) is 8.64. The van der Waals surface area contributed by atoms with Crippen LogP contribution in [-0.4, -0.2) is 68.9 Å². The lowest BCUT2D eigenvalue weighted by molar-refractivity contribution is -0.151. The fraction of sp³-hybridized carbons (Fsp3) is 0.536. The van der Waals surface area contributed by atoms with Crippen molar-refractivity contribution in [3.63, 3.8) is 0 Å². The topological polar surface area (TPSA) is 178 Å². The van der Waals surface area contributed by atoms with Crippen molar-refractivity contribution in [2.24, 2.45) is 0 Å². The zero-order valence-electron chi connectivity index (χ0n) is 23.8. The van der Waals surface area contributed by atoms with E-state index in [1.165, 1.54) is 6.92 Å². The van der Waals surface area contributed by atoms with Crippen LogP contribution in [0, 0.1) is 12.3 Å². The number of ether oxygens (including phenoxy) is 2. The first-order valence-corrected chi connectivity index (χ1v) is 15.3. The highest BCUT2D eigenvalue weighted by Crippen LogP contribution is 2.46. The largest absolute Gasteiger partial charge is 0.461 e. The van der Waals surface area contributed by atoms with E-state index in [4.69, 9.17) is 24.9 Å². The predicted octanol–water partition coefficient (Wildman–Crippen LogP) is 1.89. The van der Waals surface area contributed by atoms with Gasteiger partial charge in [-0.25, -0.2) is 9.36 Å². The van der Waals surface area contributed by atoms with Gasteiger partial charge in [-0.3, -0.25) is 23.7 Å². The van der Waals surface area contributed by atoms with Gasteiger partial charge in [-0.2, -0.15) is 5.09 Å². The van der Waals surface area contributed by atoms with Gasteiger partial charge >= 0.3 is 19.4 Å². The van der Waals surface area contributed by atoms with Gasteiger partial charge < -0.3 is 24.2 Å². The molecule has 13 nitrogen and oxygen atoms in total. The van der Waals surface area contributed by atoms with E-state index in [-0.39, 0.29) is 11.9 Å². The number of aliphatic hydroxyl groups is 2. The van der Waals surface area contributed by atoms with E-state index >= 15 is 0 Å². The SMILES string of the molecule is C#CC(C1O[C@H](COP(=O)(N[C@@H](C)C(=O)OC(CCC)CCC)Oc2ccccc2)[C@@H](O)[C@H]1O)n1ccc(=O)[nH]c1=O. The highest BCUT2D eigenvalue weighted by Gasteiger charge is 2.48. The summed E-state index contributed by atoms with van der Waals surface area (Å²) >= 11 is 0. The number of nitrogens with one attached hydrogen (secondary N) is 2. The number of aromatic amines is 1. The highest BCUT2D eigenvalue weighted by molar-refractivity contribution is 7.52. The first-order valence-electron chi connectivity index (χ1n) is 13.8. The van der Waals surface area contributed by atoms with Gasteiger partial charge in [0.1, 0.15) is 48.4 Å². The van der Waals surface area contributed by atoms with Gasteiger partial charge in [-0.15, -0.1) is 6.42 Å². The van der Waals surface area contributed by atoms with Gasteiger partial charge in [-0.05, 0) is 31.9 Å². The normalized spacial score (nSPS) is 23.1. The molecule has 0 bridgehead atoms. The van der Waals surface area contributed by atoms with Crippen LogP contribution in [-0.2, 0) is 23.4 Å². The van der Waals surface area contributed by atoms with Crippen LogP contribution in [0.25, 0.3) is 0 Å². The van der Waals surface area contributed by atoms with Gasteiger partial charge in [0.05, 0.1) is 6.61 Å². The molecule has 3 unspecified atom stereocenters. The van der Waals surface area contributed by atoms with Crippen LogP contribution < -0.4 is 20.9 Å². The Kier molecular flexibility index (Phi) is 12.1. The van der Waals surface area contributed by atoms with Crippen molar-refractivity contribution in [2.45, 2.75) is 89.1 Å². The second-order valence-electron chi connectivity index (χ2n) is 9.93. The van der Waals surface area contributed by atoms with Crippen molar-refractivity contribution < 1.29 is 38.1 Å². The lowest BCUT2D eigenvalue weighted by Crippen LogP contribution is -2.41. The number of hydrogen-bond acceptors (Lipinski definition) is 10. The fourth-order valence-electron chi connectivity index (χ4n) is 4.50. The van der Waals surface area contributed by atoms with Crippen LogP contribution in [0.1, 0.15) is 52.5 Å². The van der Waals surface area contributed by atoms with Gasteiger partial charge in [0.25, 0.3) is 5.56 Å². The number of carbonyl (C=O) groups excluding carboxylic acids is 1. The monoisotopic (exact) mass is 607 g/mol. The van der Waals surface area contributed by atoms with E-state index in [1.54, 1.807) is 30.3 Å². The minimum atomic E-state index is -4.30. The summed E-state index contributed by atoms with van der Waals surface area (Å²) in [4.78, 5) is 38.6. The molecule has 1 aromatic carbocycles. The van der Waals surface area contributed by atoms with E-state index < -0.39 is 68.1 Å². The van der Waals surface area contributed by atoms with Gasteiger partial charge in [-0.1, -0.05) is 50.8 Å². The number of hydrogen-bond donors (Lipinski definition) is 4. The molecule has 1 aliphatic rings. The fourth-order valence-corrected chi connectivity index (χ4v) is 6.00. The molecule has 4 N–H and O–H groups in total. The Balaban J connectivity index is 1.76. The van der Waals surface area contributed by atoms with Gasteiger partial charge in [0.15, 0.2) is 0 Å². The van der Waals surface area contributed by atoms with E-state index in [9.17, 15) is 29.2 Å². The zero-order chi connectivity index (χ0) is 30.9. The molecule has 0 amide bonds. The molecule has 42 heavy (non-hydrogen) atoms. The molecule has 0 spiro atoms. The summed E-state index contributed by atoms with van der Waals surface area (Å²) in [6.07, 6.45) is 3.83. The standard InChI is InChI=1S/C28H38N3O10P/c1-5-11-19(12-6-2)39-27(35)18(4)30-42(37,41-20-13-9-8-10-14-20)38-17-22-24(33)25(34)26(40-22)21(7-3)31-16-15-23(32)29-28(31)36/h3,8-10,13-16,18-19,21-22,24-26,33-34H,5-6,11-12,17H2,1-2,4H3,(H,30,37)(H,29,32,36)/t18-,21?,22+,24+,25+,26?,42?/m0/s1. The molecule has 2 aromatic rings. The summed E-state index contributed by atoms with van der Waals surface area (Å²) in [5, 5.41) is 24.0. The highest BCUT2D eigenvalue weighted by atomic mass is 31.2. The number of rotatable bonds is 15. The summed E-state index contributed by atoms with van der Waals surface area (Å²) in [5.41, 5.74) is -1.47. The molecular weight excluding hydrogens is 569 g/mol. The van der Waals surface area contributed by atoms with Crippen LogP contribution >= 0.6 is 7.75 Å². The maximum Gasteiger partial charge on any atom is 0.459 e. The lowest BCUT2D eigenvalue weighted by atomic mass is 10.0. The lowest BCUT2D eigenvalue weighted by Gasteiger charge is -2.26. The average Bonchev–Trinajstić information content (AvgIpc) is 3.23. The van der Waals surface area contributed by atoms with Crippen LogP contribution in [0.4, 0.5) is 0 Å². The number of aliphatic hydroxyl groups excluding tert-OH is 2. The Morgan fingerprint density at radius 3 is 2.43 bits per heavy atom. The molecule has 2 heterocycles. The summed E-state index contributed by atoms with van der Waals surface area (Å²) in [7, 11) is -4.30. The smallest absolute Gasteiger partial charge is 0.459 e. The molecule has 230 valence electrons. The molecule has 0 saturated carbocycles. The van der Waals surface area contributed by atoms with Crippen LogP contribution in [0.15, 0.2) is 52.2 Å². The van der Waals surface area contributed by atoms with Crippen molar-refractivity contribution in [3.8, 4) is 18.1 Å². The van der Waals surface area contributed by atoms with E-state index in [0.717, 1.165) is 29.7 Å². The number of benzene rings is 1. The molecule has 1 aromatic heterocycles. The Morgan fingerprint density at radius 1 is 1.17 bits per heavy atom.